The Morgan fingerprint density at radius 3 is 2.16 bits per heavy atom. The van der Waals surface area contributed by atoms with E-state index in [2.05, 4.69) is 20.8 Å². The van der Waals surface area contributed by atoms with E-state index in [9.17, 15) is 5.11 Å². The van der Waals surface area contributed by atoms with Crippen LogP contribution in [-0.4, -0.2) is 48.7 Å². The molecule has 0 radical (unpaired) electrons. The molecular weight excluding hydrogens is 392 g/mol. The molecule has 6 fully saturated rings. The van der Waals surface area contributed by atoms with Crippen LogP contribution in [0.2, 0.25) is 0 Å². The second kappa shape index (κ2) is 6.91. The first-order valence-corrected chi connectivity index (χ1v) is 13.1. The highest BCUT2D eigenvalue weighted by molar-refractivity contribution is 5.19. The molecule has 0 aromatic carbocycles. The fourth-order valence-corrected chi connectivity index (χ4v) is 9.75. The van der Waals surface area contributed by atoms with Gasteiger partial charge in [0.05, 0.1) is 32.0 Å². The Morgan fingerprint density at radius 1 is 0.806 bits per heavy atom. The van der Waals surface area contributed by atoms with Crippen LogP contribution in [0.15, 0.2) is 0 Å². The van der Waals surface area contributed by atoms with Gasteiger partial charge in [0.2, 0.25) is 0 Å². The van der Waals surface area contributed by atoms with Gasteiger partial charge in [-0.15, -0.1) is 0 Å². The van der Waals surface area contributed by atoms with E-state index in [0.717, 1.165) is 58.2 Å². The summed E-state index contributed by atoms with van der Waals surface area (Å²) in [6.45, 7) is 9.97. The van der Waals surface area contributed by atoms with Crippen molar-refractivity contribution in [1.29, 1.82) is 0 Å². The first-order valence-electron chi connectivity index (χ1n) is 13.1. The minimum absolute atomic E-state index is 0.0647. The molecule has 5 heteroatoms. The van der Waals surface area contributed by atoms with Crippen LogP contribution < -0.4 is 0 Å². The first-order chi connectivity index (χ1) is 14.8. The number of fused-ring (bicyclic) bond motifs is 6. The summed E-state index contributed by atoms with van der Waals surface area (Å²) in [5.41, 5.74) is -0.650. The molecule has 0 bridgehead atoms. The van der Waals surface area contributed by atoms with Crippen LogP contribution in [0.1, 0.15) is 85.0 Å². The Morgan fingerprint density at radius 2 is 1.45 bits per heavy atom. The summed E-state index contributed by atoms with van der Waals surface area (Å²) in [5.74, 6) is 1.29. The van der Waals surface area contributed by atoms with Gasteiger partial charge in [0.1, 0.15) is 0 Å². The molecule has 2 aliphatic heterocycles. The quantitative estimate of drug-likeness (QED) is 0.685. The van der Waals surface area contributed by atoms with Gasteiger partial charge in [-0.25, -0.2) is 0 Å². The lowest BCUT2D eigenvalue weighted by Gasteiger charge is -2.67. The van der Waals surface area contributed by atoms with Crippen LogP contribution in [-0.2, 0) is 18.9 Å². The molecule has 6 aliphatic rings. The first kappa shape index (κ1) is 21.3. The molecule has 0 unspecified atom stereocenters. The van der Waals surface area contributed by atoms with Gasteiger partial charge in [-0.3, -0.25) is 0 Å². The van der Waals surface area contributed by atoms with E-state index >= 15 is 0 Å². The predicted molar refractivity (Wildman–Crippen MR) is 116 cm³/mol. The van der Waals surface area contributed by atoms with E-state index in [1.54, 1.807) is 0 Å². The maximum atomic E-state index is 12.5. The minimum Gasteiger partial charge on any atom is -0.389 e. The van der Waals surface area contributed by atoms with E-state index in [1.807, 2.05) is 0 Å². The third kappa shape index (κ3) is 2.62. The van der Waals surface area contributed by atoms with Crippen molar-refractivity contribution in [1.82, 2.24) is 0 Å². The highest BCUT2D eigenvalue weighted by Gasteiger charge is 2.72. The Kier molecular flexibility index (Phi) is 4.76. The molecule has 31 heavy (non-hydrogen) atoms. The molecule has 0 amide bonds. The monoisotopic (exact) mass is 434 g/mol. The maximum Gasteiger partial charge on any atom is 0.174 e. The average molecular weight is 435 g/mol. The standard InChI is InChI=1S/C26H42O5/c1-4-5-18-16-19-20(6-8-23(3)21(19)7-9-26(23)30-14-15-31-26)22(2)10-11-24(17-25(18,22)27)28-12-13-29-24/h18-21,27H,4-17H2,1-3H3/t18-,19-,20+,21+,22-,23+,25+/m1/s1. The molecule has 2 spiro atoms. The molecule has 4 saturated carbocycles. The summed E-state index contributed by atoms with van der Waals surface area (Å²) in [6.07, 6.45) is 10.5. The fraction of sp³-hybridized carbons (Fsp3) is 1.00. The summed E-state index contributed by atoms with van der Waals surface area (Å²) in [6, 6.07) is 0. The fourth-order valence-electron chi connectivity index (χ4n) is 9.75. The van der Waals surface area contributed by atoms with Crippen molar-refractivity contribution in [2.45, 2.75) is 102 Å². The second-order valence-corrected chi connectivity index (χ2v) is 12.2. The van der Waals surface area contributed by atoms with Crippen molar-refractivity contribution in [3.8, 4) is 0 Å². The van der Waals surface area contributed by atoms with Crippen molar-refractivity contribution < 1.29 is 24.1 Å². The van der Waals surface area contributed by atoms with Crippen LogP contribution in [0.3, 0.4) is 0 Å². The molecule has 4 aliphatic carbocycles. The number of hydrogen-bond acceptors (Lipinski definition) is 5. The normalized spacial score (nSPS) is 52.3. The van der Waals surface area contributed by atoms with E-state index in [4.69, 9.17) is 18.9 Å². The molecule has 2 saturated heterocycles. The van der Waals surface area contributed by atoms with Crippen LogP contribution in [0.5, 0.6) is 0 Å². The van der Waals surface area contributed by atoms with Crippen LogP contribution in [0, 0.1) is 34.5 Å². The lowest BCUT2D eigenvalue weighted by Crippen LogP contribution is -2.69. The maximum absolute atomic E-state index is 12.5. The highest BCUT2D eigenvalue weighted by atomic mass is 16.7. The summed E-state index contributed by atoms with van der Waals surface area (Å²) < 4.78 is 24.9. The number of rotatable bonds is 2. The van der Waals surface area contributed by atoms with Crippen LogP contribution >= 0.6 is 0 Å². The molecule has 6 rings (SSSR count). The van der Waals surface area contributed by atoms with Crippen molar-refractivity contribution in [3.63, 3.8) is 0 Å². The molecule has 0 aromatic heterocycles. The zero-order chi connectivity index (χ0) is 21.5. The molecule has 1 N–H and O–H groups in total. The van der Waals surface area contributed by atoms with Gasteiger partial charge < -0.3 is 24.1 Å². The Labute approximate surface area is 187 Å². The summed E-state index contributed by atoms with van der Waals surface area (Å²) >= 11 is 0. The van der Waals surface area contributed by atoms with Gasteiger partial charge in [0.15, 0.2) is 11.6 Å². The van der Waals surface area contributed by atoms with Gasteiger partial charge >= 0.3 is 0 Å². The van der Waals surface area contributed by atoms with Crippen molar-refractivity contribution in [3.05, 3.63) is 0 Å². The Balaban J connectivity index is 1.36. The highest BCUT2D eigenvalue weighted by Crippen LogP contribution is 2.72. The molecule has 2 heterocycles. The lowest BCUT2D eigenvalue weighted by molar-refractivity contribution is -0.310. The number of aliphatic hydroxyl groups is 1. The lowest BCUT2D eigenvalue weighted by atomic mass is 9.40. The van der Waals surface area contributed by atoms with Crippen LogP contribution in [0.4, 0.5) is 0 Å². The summed E-state index contributed by atoms with van der Waals surface area (Å²) in [4.78, 5) is 0. The van der Waals surface area contributed by atoms with Crippen molar-refractivity contribution >= 4 is 0 Å². The van der Waals surface area contributed by atoms with Crippen LogP contribution in [0.25, 0.3) is 0 Å². The molecule has 7 atom stereocenters. The Bertz CT molecular complexity index is 713. The van der Waals surface area contributed by atoms with E-state index in [1.165, 1.54) is 12.8 Å². The zero-order valence-electron chi connectivity index (χ0n) is 19.8. The van der Waals surface area contributed by atoms with Crippen molar-refractivity contribution in [2.75, 3.05) is 26.4 Å². The number of ether oxygens (including phenoxy) is 4. The third-order valence-electron chi connectivity index (χ3n) is 11.3. The van der Waals surface area contributed by atoms with Gasteiger partial charge in [0, 0.05) is 30.1 Å². The summed E-state index contributed by atoms with van der Waals surface area (Å²) in [5, 5.41) is 12.5. The molecular formula is C26H42O5. The van der Waals surface area contributed by atoms with Crippen molar-refractivity contribution in [2.24, 2.45) is 34.5 Å². The Hall–Kier alpha value is -0.200. The van der Waals surface area contributed by atoms with E-state index in [0.29, 0.717) is 43.3 Å². The smallest absolute Gasteiger partial charge is 0.174 e. The van der Waals surface area contributed by atoms with Gasteiger partial charge in [-0.2, -0.15) is 0 Å². The zero-order valence-corrected chi connectivity index (χ0v) is 19.8. The van der Waals surface area contributed by atoms with Gasteiger partial charge in [0.25, 0.3) is 0 Å². The molecule has 5 nitrogen and oxygen atoms in total. The minimum atomic E-state index is -0.697. The largest absolute Gasteiger partial charge is 0.389 e. The van der Waals surface area contributed by atoms with E-state index in [-0.39, 0.29) is 16.6 Å². The number of hydrogen-bond donors (Lipinski definition) is 1. The SMILES string of the molecule is CCC[C@@H]1C[C@H]2[C@@H]3CCC4(OCCO4)[C@@]3(C)CC[C@@H]2[C@@]2(C)CCC3(C[C@]12O)OCCO3. The molecule has 176 valence electrons. The van der Waals surface area contributed by atoms with Gasteiger partial charge in [-0.05, 0) is 62.2 Å². The topological polar surface area (TPSA) is 57.2 Å². The summed E-state index contributed by atoms with van der Waals surface area (Å²) in [7, 11) is 0. The molecule has 0 aromatic rings. The van der Waals surface area contributed by atoms with Gasteiger partial charge in [-0.1, -0.05) is 27.2 Å². The third-order valence-corrected chi connectivity index (χ3v) is 11.3. The predicted octanol–water partition coefficient (Wildman–Crippen LogP) is 4.66. The van der Waals surface area contributed by atoms with E-state index < -0.39 is 11.4 Å². The average Bonchev–Trinajstić information content (AvgIpc) is 3.46. The second-order valence-electron chi connectivity index (χ2n) is 12.2.